The molecule has 2 rings (SSSR count). The van der Waals surface area contributed by atoms with Crippen LogP contribution in [0.1, 0.15) is 27.9 Å². The fraction of sp³-hybridized carbons (Fsp3) is 0.222. The van der Waals surface area contributed by atoms with Gasteiger partial charge in [-0.15, -0.1) is 0 Å². The van der Waals surface area contributed by atoms with Gasteiger partial charge < -0.3 is 10.6 Å². The van der Waals surface area contributed by atoms with Crippen molar-refractivity contribution in [3.63, 3.8) is 0 Å². The predicted octanol–water partition coefficient (Wildman–Crippen LogP) is 2.85. The molecule has 2 N–H and O–H groups in total. The largest absolute Gasteiger partial charge is 0.352 e. The van der Waals surface area contributed by atoms with Gasteiger partial charge in [0.2, 0.25) is 5.91 Å². The van der Waals surface area contributed by atoms with Gasteiger partial charge in [0.15, 0.2) is 0 Å². The standard InChI is InChI=1S/C18H17F3N2O2/c1-11-2-3-12(8-15(11)20)10-23-17(24)6-7-22-18(25)14-5-4-13(19)9-16(14)21/h2-5,8-9H,6-7,10H2,1H3,(H,22,25)(H,23,24). The lowest BCUT2D eigenvalue weighted by atomic mass is 10.1. The summed E-state index contributed by atoms with van der Waals surface area (Å²) in [7, 11) is 0. The second-order valence-corrected chi connectivity index (χ2v) is 5.49. The van der Waals surface area contributed by atoms with E-state index in [1.54, 1.807) is 19.1 Å². The fourth-order valence-electron chi connectivity index (χ4n) is 2.09. The quantitative estimate of drug-likeness (QED) is 0.842. The van der Waals surface area contributed by atoms with Crippen LogP contribution in [0.4, 0.5) is 13.2 Å². The van der Waals surface area contributed by atoms with Crippen LogP contribution in [0.25, 0.3) is 0 Å². The zero-order valence-electron chi connectivity index (χ0n) is 13.5. The van der Waals surface area contributed by atoms with Crippen molar-refractivity contribution in [2.45, 2.75) is 19.9 Å². The van der Waals surface area contributed by atoms with E-state index in [4.69, 9.17) is 0 Å². The number of hydrogen-bond acceptors (Lipinski definition) is 2. The molecule has 2 aromatic carbocycles. The fourth-order valence-corrected chi connectivity index (χ4v) is 2.09. The average Bonchev–Trinajstić information content (AvgIpc) is 2.55. The zero-order chi connectivity index (χ0) is 18.4. The highest BCUT2D eigenvalue weighted by Gasteiger charge is 2.12. The normalized spacial score (nSPS) is 10.4. The molecule has 0 atom stereocenters. The van der Waals surface area contributed by atoms with Gasteiger partial charge in [-0.2, -0.15) is 0 Å². The summed E-state index contributed by atoms with van der Waals surface area (Å²) in [6.07, 6.45) is -0.0249. The minimum atomic E-state index is -0.969. The molecule has 4 nitrogen and oxygen atoms in total. The molecule has 0 saturated heterocycles. The Morgan fingerprint density at radius 2 is 1.72 bits per heavy atom. The van der Waals surface area contributed by atoms with Crippen molar-refractivity contribution in [2.24, 2.45) is 0 Å². The molecular formula is C18H17F3N2O2. The summed E-state index contributed by atoms with van der Waals surface area (Å²) < 4.78 is 39.6. The van der Waals surface area contributed by atoms with Crippen LogP contribution in [-0.2, 0) is 11.3 Å². The lowest BCUT2D eigenvalue weighted by molar-refractivity contribution is -0.121. The third kappa shape index (κ3) is 5.34. The van der Waals surface area contributed by atoms with Crippen LogP contribution in [-0.4, -0.2) is 18.4 Å². The minimum Gasteiger partial charge on any atom is -0.352 e. The molecule has 0 saturated carbocycles. The van der Waals surface area contributed by atoms with Gasteiger partial charge in [0.05, 0.1) is 5.56 Å². The lowest BCUT2D eigenvalue weighted by Crippen LogP contribution is -2.31. The van der Waals surface area contributed by atoms with Crippen LogP contribution in [0.15, 0.2) is 36.4 Å². The minimum absolute atomic E-state index is 0.0102. The summed E-state index contributed by atoms with van der Waals surface area (Å²) in [6, 6.07) is 7.29. The number of amides is 2. The second-order valence-electron chi connectivity index (χ2n) is 5.49. The topological polar surface area (TPSA) is 58.2 Å². The molecule has 0 aliphatic heterocycles. The number of hydrogen-bond donors (Lipinski definition) is 2. The molecule has 0 spiro atoms. The molecular weight excluding hydrogens is 333 g/mol. The van der Waals surface area contributed by atoms with Crippen molar-refractivity contribution in [1.82, 2.24) is 10.6 Å². The van der Waals surface area contributed by atoms with E-state index in [0.29, 0.717) is 17.2 Å². The van der Waals surface area contributed by atoms with E-state index in [0.717, 1.165) is 12.1 Å². The van der Waals surface area contributed by atoms with Crippen molar-refractivity contribution >= 4 is 11.8 Å². The van der Waals surface area contributed by atoms with Gasteiger partial charge in [0.25, 0.3) is 5.91 Å². The molecule has 0 fully saturated rings. The number of halogens is 3. The number of carbonyl (C=O) groups excluding carboxylic acids is 2. The Morgan fingerprint density at radius 3 is 2.40 bits per heavy atom. The van der Waals surface area contributed by atoms with Gasteiger partial charge >= 0.3 is 0 Å². The van der Waals surface area contributed by atoms with Crippen molar-refractivity contribution in [1.29, 1.82) is 0 Å². The van der Waals surface area contributed by atoms with Crippen molar-refractivity contribution < 1.29 is 22.8 Å². The summed E-state index contributed by atoms with van der Waals surface area (Å²) in [4.78, 5) is 23.5. The summed E-state index contributed by atoms with van der Waals surface area (Å²) in [5.41, 5.74) is 0.844. The summed E-state index contributed by atoms with van der Waals surface area (Å²) in [5, 5.41) is 4.98. The monoisotopic (exact) mass is 350 g/mol. The van der Waals surface area contributed by atoms with Crippen LogP contribution in [0.3, 0.4) is 0 Å². The lowest BCUT2D eigenvalue weighted by Gasteiger charge is -2.08. The van der Waals surface area contributed by atoms with Crippen molar-refractivity contribution in [3.05, 3.63) is 70.5 Å². The first-order valence-electron chi connectivity index (χ1n) is 7.62. The van der Waals surface area contributed by atoms with Gasteiger partial charge in [-0.3, -0.25) is 9.59 Å². The Balaban J connectivity index is 1.76. The Kier molecular flexibility index (Phi) is 6.16. The highest BCUT2D eigenvalue weighted by atomic mass is 19.1. The summed E-state index contributed by atoms with van der Waals surface area (Å²) in [6.45, 7) is 1.80. The Bertz CT molecular complexity index is 794. The number of benzene rings is 2. The number of carbonyl (C=O) groups is 2. The van der Waals surface area contributed by atoms with Crippen LogP contribution >= 0.6 is 0 Å². The third-order valence-electron chi connectivity index (χ3n) is 3.54. The highest BCUT2D eigenvalue weighted by Crippen LogP contribution is 2.10. The van der Waals surface area contributed by atoms with Gasteiger partial charge in [0.1, 0.15) is 17.5 Å². The Morgan fingerprint density at radius 1 is 0.960 bits per heavy atom. The molecule has 0 unspecified atom stereocenters. The maximum Gasteiger partial charge on any atom is 0.254 e. The average molecular weight is 350 g/mol. The molecule has 0 bridgehead atoms. The third-order valence-corrected chi connectivity index (χ3v) is 3.54. The molecule has 132 valence electrons. The smallest absolute Gasteiger partial charge is 0.254 e. The maximum absolute atomic E-state index is 13.4. The Labute approximate surface area is 143 Å². The zero-order valence-corrected chi connectivity index (χ0v) is 13.5. The van der Waals surface area contributed by atoms with Crippen molar-refractivity contribution in [3.8, 4) is 0 Å². The highest BCUT2D eigenvalue weighted by molar-refractivity contribution is 5.94. The molecule has 0 aromatic heterocycles. The van der Waals surface area contributed by atoms with E-state index in [1.807, 2.05) is 0 Å². The molecule has 2 aromatic rings. The van der Waals surface area contributed by atoms with Gasteiger partial charge in [-0.1, -0.05) is 12.1 Å². The van der Waals surface area contributed by atoms with Gasteiger partial charge in [-0.25, -0.2) is 13.2 Å². The second kappa shape index (κ2) is 8.32. The molecule has 2 amide bonds. The van der Waals surface area contributed by atoms with Gasteiger partial charge in [0, 0.05) is 25.6 Å². The van der Waals surface area contributed by atoms with Gasteiger partial charge in [-0.05, 0) is 36.2 Å². The molecule has 0 aliphatic rings. The van der Waals surface area contributed by atoms with Crippen LogP contribution < -0.4 is 10.6 Å². The number of nitrogens with one attached hydrogen (secondary N) is 2. The molecule has 0 heterocycles. The first-order valence-corrected chi connectivity index (χ1v) is 7.62. The molecule has 25 heavy (non-hydrogen) atoms. The van der Waals surface area contributed by atoms with Crippen LogP contribution in [0.2, 0.25) is 0 Å². The van der Waals surface area contributed by atoms with E-state index in [9.17, 15) is 22.8 Å². The van der Waals surface area contributed by atoms with Crippen LogP contribution in [0, 0.1) is 24.4 Å². The first-order chi connectivity index (χ1) is 11.9. The SMILES string of the molecule is Cc1ccc(CNC(=O)CCNC(=O)c2ccc(F)cc2F)cc1F. The molecule has 7 heteroatoms. The van der Waals surface area contributed by atoms with E-state index in [1.165, 1.54) is 6.07 Å². The number of aryl methyl sites for hydroxylation is 1. The maximum atomic E-state index is 13.4. The number of rotatable bonds is 6. The van der Waals surface area contributed by atoms with Crippen LogP contribution in [0.5, 0.6) is 0 Å². The van der Waals surface area contributed by atoms with E-state index >= 15 is 0 Å². The summed E-state index contributed by atoms with van der Waals surface area (Å²) in [5.74, 6) is -3.17. The molecule has 0 radical (unpaired) electrons. The first kappa shape index (κ1) is 18.5. The van der Waals surface area contributed by atoms with E-state index in [-0.39, 0.29) is 36.8 Å². The predicted molar refractivity (Wildman–Crippen MR) is 86.3 cm³/mol. The molecule has 0 aliphatic carbocycles. The van der Waals surface area contributed by atoms with E-state index < -0.39 is 17.5 Å². The van der Waals surface area contributed by atoms with E-state index in [2.05, 4.69) is 10.6 Å². The Hall–Kier alpha value is -2.83. The summed E-state index contributed by atoms with van der Waals surface area (Å²) >= 11 is 0. The van der Waals surface area contributed by atoms with Crippen molar-refractivity contribution in [2.75, 3.05) is 6.54 Å².